The number of rotatable bonds is 7. The van der Waals surface area contributed by atoms with Gasteiger partial charge in [-0.2, -0.15) is 0 Å². The van der Waals surface area contributed by atoms with Gasteiger partial charge in [-0.1, -0.05) is 42.2 Å². The first-order chi connectivity index (χ1) is 15.4. The zero-order valence-electron chi connectivity index (χ0n) is 16.9. The highest BCUT2D eigenvalue weighted by Gasteiger charge is 2.32. The first-order valence-electron chi connectivity index (χ1n) is 9.94. The lowest BCUT2D eigenvalue weighted by atomic mass is 10.1. The predicted octanol–water partition coefficient (Wildman–Crippen LogP) is 4.40. The largest absolute Gasteiger partial charge is 0.361 e. The fourth-order valence-electron chi connectivity index (χ4n) is 3.42. The fraction of sp³-hybridized carbons (Fsp3) is 0.174. The van der Waals surface area contributed by atoms with Crippen LogP contribution in [0.15, 0.2) is 53.6 Å². The highest BCUT2D eigenvalue weighted by molar-refractivity contribution is 8.26. The summed E-state index contributed by atoms with van der Waals surface area (Å²) in [4.78, 5) is 29.6. The van der Waals surface area contributed by atoms with Gasteiger partial charge in [-0.3, -0.25) is 14.5 Å². The quantitative estimate of drug-likeness (QED) is 0.396. The van der Waals surface area contributed by atoms with E-state index < -0.39 is 5.82 Å². The summed E-state index contributed by atoms with van der Waals surface area (Å²) in [6.45, 7) is 0.525. The van der Waals surface area contributed by atoms with E-state index in [4.69, 9.17) is 12.2 Å². The Labute approximate surface area is 192 Å². The van der Waals surface area contributed by atoms with Crippen LogP contribution in [-0.4, -0.2) is 39.1 Å². The Kier molecular flexibility index (Phi) is 6.66. The second kappa shape index (κ2) is 9.62. The molecule has 2 N–H and O–H groups in total. The van der Waals surface area contributed by atoms with Crippen LogP contribution >= 0.6 is 24.0 Å². The van der Waals surface area contributed by atoms with Crippen LogP contribution in [-0.2, 0) is 16.0 Å². The molecule has 0 aliphatic carbocycles. The molecule has 3 aromatic rings. The molecule has 164 valence electrons. The van der Waals surface area contributed by atoms with Gasteiger partial charge in [0, 0.05) is 42.2 Å². The molecule has 0 radical (unpaired) electrons. The first-order valence-corrected chi connectivity index (χ1v) is 11.2. The molecule has 1 saturated heterocycles. The minimum atomic E-state index is -0.421. The second-order valence-electron chi connectivity index (χ2n) is 7.21. The van der Waals surface area contributed by atoms with Gasteiger partial charge in [-0.15, -0.1) is 0 Å². The van der Waals surface area contributed by atoms with Crippen molar-refractivity contribution >= 4 is 57.1 Å². The zero-order valence-corrected chi connectivity index (χ0v) is 18.5. The van der Waals surface area contributed by atoms with E-state index in [2.05, 4.69) is 10.3 Å². The van der Waals surface area contributed by atoms with Crippen molar-refractivity contribution in [2.75, 3.05) is 13.1 Å². The van der Waals surface area contributed by atoms with Crippen molar-refractivity contribution in [1.82, 2.24) is 15.2 Å². The lowest BCUT2D eigenvalue weighted by Gasteiger charge is -2.14. The minimum Gasteiger partial charge on any atom is -0.361 e. The SMILES string of the molecule is O=C(CCN1C(=O)/C(=C/c2ccccc2F)SC1=S)NCCc1c[nH]c2ccc(F)cc12. The molecule has 0 unspecified atom stereocenters. The monoisotopic (exact) mass is 471 g/mol. The van der Waals surface area contributed by atoms with E-state index in [0.29, 0.717) is 27.8 Å². The number of thioether (sulfide) groups is 1. The summed E-state index contributed by atoms with van der Waals surface area (Å²) in [6, 6.07) is 10.7. The molecule has 4 rings (SSSR count). The maximum absolute atomic E-state index is 13.9. The number of carbonyl (C=O) groups is 2. The van der Waals surface area contributed by atoms with Crippen molar-refractivity contribution < 1.29 is 18.4 Å². The van der Waals surface area contributed by atoms with E-state index in [1.54, 1.807) is 30.5 Å². The number of nitrogens with zero attached hydrogens (tertiary/aromatic N) is 1. The van der Waals surface area contributed by atoms with Crippen LogP contribution in [0.2, 0.25) is 0 Å². The lowest BCUT2D eigenvalue weighted by Crippen LogP contribution is -2.34. The van der Waals surface area contributed by atoms with E-state index in [1.807, 2.05) is 0 Å². The first kappa shape index (κ1) is 22.2. The third-order valence-corrected chi connectivity index (χ3v) is 6.45. The van der Waals surface area contributed by atoms with Crippen molar-refractivity contribution in [2.24, 2.45) is 0 Å². The maximum atomic E-state index is 13.9. The molecule has 2 heterocycles. The molecule has 1 aromatic heterocycles. The van der Waals surface area contributed by atoms with Gasteiger partial charge in [0.05, 0.1) is 4.91 Å². The van der Waals surface area contributed by atoms with Crippen molar-refractivity contribution in [1.29, 1.82) is 0 Å². The summed E-state index contributed by atoms with van der Waals surface area (Å²) in [5.74, 6) is -1.29. The van der Waals surface area contributed by atoms with Crippen molar-refractivity contribution in [3.63, 3.8) is 0 Å². The molecule has 1 fully saturated rings. The van der Waals surface area contributed by atoms with Gasteiger partial charge >= 0.3 is 0 Å². The summed E-state index contributed by atoms with van der Waals surface area (Å²) in [5, 5.41) is 3.60. The number of hydrogen-bond donors (Lipinski definition) is 2. The highest BCUT2D eigenvalue weighted by Crippen LogP contribution is 2.33. The van der Waals surface area contributed by atoms with Crippen LogP contribution in [0.3, 0.4) is 0 Å². The molecule has 2 amide bonds. The van der Waals surface area contributed by atoms with Crippen molar-refractivity contribution in [3.05, 3.63) is 76.3 Å². The summed E-state index contributed by atoms with van der Waals surface area (Å²) in [6.07, 6.45) is 3.90. The number of nitrogens with one attached hydrogen (secondary N) is 2. The maximum Gasteiger partial charge on any atom is 0.266 e. The van der Waals surface area contributed by atoms with Crippen LogP contribution in [0.4, 0.5) is 8.78 Å². The van der Waals surface area contributed by atoms with Gasteiger partial charge < -0.3 is 10.3 Å². The molecule has 0 bridgehead atoms. The topological polar surface area (TPSA) is 65.2 Å². The predicted molar refractivity (Wildman–Crippen MR) is 126 cm³/mol. The van der Waals surface area contributed by atoms with Gasteiger partial charge in [0.1, 0.15) is 16.0 Å². The molecule has 5 nitrogen and oxygen atoms in total. The van der Waals surface area contributed by atoms with Crippen LogP contribution in [0.5, 0.6) is 0 Å². The van der Waals surface area contributed by atoms with E-state index in [0.717, 1.165) is 28.2 Å². The Morgan fingerprint density at radius 1 is 1.22 bits per heavy atom. The highest BCUT2D eigenvalue weighted by atomic mass is 32.2. The second-order valence-corrected chi connectivity index (χ2v) is 8.88. The van der Waals surface area contributed by atoms with Crippen LogP contribution in [0, 0.1) is 11.6 Å². The van der Waals surface area contributed by atoms with Gasteiger partial charge in [-0.25, -0.2) is 8.78 Å². The summed E-state index contributed by atoms with van der Waals surface area (Å²) in [5.41, 5.74) is 2.06. The Hall–Kier alpha value is -3.04. The number of benzene rings is 2. The van der Waals surface area contributed by atoms with E-state index in [9.17, 15) is 18.4 Å². The average molecular weight is 472 g/mol. The third kappa shape index (κ3) is 4.89. The molecule has 1 aliphatic heterocycles. The van der Waals surface area contributed by atoms with Crippen LogP contribution in [0.1, 0.15) is 17.5 Å². The van der Waals surface area contributed by atoms with Crippen molar-refractivity contribution in [3.8, 4) is 0 Å². The number of hydrogen-bond acceptors (Lipinski definition) is 4. The van der Waals surface area contributed by atoms with Gasteiger partial charge in [0.15, 0.2) is 0 Å². The Morgan fingerprint density at radius 3 is 2.84 bits per heavy atom. The molecule has 0 atom stereocenters. The number of fused-ring (bicyclic) bond motifs is 1. The standard InChI is InChI=1S/C23H19F2N3O2S2/c24-16-5-6-19-17(12-16)15(13-27-19)7-9-26-21(29)8-10-28-22(30)20(32-23(28)31)11-14-3-1-2-4-18(14)25/h1-6,11-13,27H,7-10H2,(H,26,29)/b20-11-. The molecule has 0 saturated carbocycles. The third-order valence-electron chi connectivity index (χ3n) is 5.07. The van der Waals surface area contributed by atoms with Gasteiger partial charge in [0.25, 0.3) is 5.91 Å². The number of halogens is 2. The van der Waals surface area contributed by atoms with Crippen LogP contribution in [0.25, 0.3) is 17.0 Å². The number of aromatic amines is 1. The van der Waals surface area contributed by atoms with Crippen LogP contribution < -0.4 is 5.32 Å². The summed E-state index contributed by atoms with van der Waals surface area (Å²) in [7, 11) is 0. The zero-order chi connectivity index (χ0) is 22.7. The lowest BCUT2D eigenvalue weighted by molar-refractivity contribution is -0.123. The number of thiocarbonyl (C=S) groups is 1. The number of H-pyrrole nitrogens is 1. The average Bonchev–Trinajstić information content (AvgIpc) is 3.28. The molecule has 9 heteroatoms. The summed E-state index contributed by atoms with van der Waals surface area (Å²) < 4.78 is 27.7. The molecule has 0 spiro atoms. The fourth-order valence-corrected chi connectivity index (χ4v) is 4.72. The Bertz CT molecular complexity index is 1240. The van der Waals surface area contributed by atoms with E-state index >= 15 is 0 Å². The Morgan fingerprint density at radius 2 is 2.03 bits per heavy atom. The van der Waals surface area contributed by atoms with E-state index in [1.165, 1.54) is 29.2 Å². The van der Waals surface area contributed by atoms with Gasteiger partial charge in [-0.05, 0) is 42.3 Å². The molecular weight excluding hydrogens is 452 g/mol. The molecule has 32 heavy (non-hydrogen) atoms. The summed E-state index contributed by atoms with van der Waals surface area (Å²) >= 11 is 6.35. The van der Waals surface area contributed by atoms with Crippen molar-refractivity contribution in [2.45, 2.75) is 12.8 Å². The molecule has 2 aromatic carbocycles. The molecule has 1 aliphatic rings. The molecular formula is C23H19F2N3O2S2. The normalized spacial score (nSPS) is 15.2. The smallest absolute Gasteiger partial charge is 0.266 e. The number of carbonyl (C=O) groups excluding carboxylic acids is 2. The van der Waals surface area contributed by atoms with E-state index in [-0.39, 0.29) is 30.6 Å². The van der Waals surface area contributed by atoms with Gasteiger partial charge in [0.2, 0.25) is 5.91 Å². The Balaban J connectivity index is 1.29. The number of aromatic nitrogens is 1. The minimum absolute atomic E-state index is 0.0852. The number of amides is 2.